The van der Waals surface area contributed by atoms with Gasteiger partial charge >= 0.3 is 0 Å². The zero-order chi connectivity index (χ0) is 18.9. The van der Waals surface area contributed by atoms with Gasteiger partial charge in [-0.2, -0.15) is 5.26 Å². The lowest BCUT2D eigenvalue weighted by Gasteiger charge is -2.57. The van der Waals surface area contributed by atoms with Gasteiger partial charge in [0, 0.05) is 0 Å². The minimum Gasteiger partial charge on any atom is -0.198 e. The molecule has 0 aromatic carbocycles. The first-order chi connectivity index (χ1) is 13.2. The van der Waals surface area contributed by atoms with Crippen molar-refractivity contribution < 1.29 is 0 Å². The van der Waals surface area contributed by atoms with E-state index in [2.05, 4.69) is 19.9 Å². The second-order valence-electron chi connectivity index (χ2n) is 11.0. The van der Waals surface area contributed by atoms with Crippen LogP contribution in [0.4, 0.5) is 0 Å². The molecule has 0 bridgehead atoms. The maximum Gasteiger partial charge on any atom is 0.0689 e. The number of hydrogen-bond donors (Lipinski definition) is 0. The Kier molecular flexibility index (Phi) is 6.21. The van der Waals surface area contributed by atoms with Gasteiger partial charge in [-0.25, -0.2) is 0 Å². The Labute approximate surface area is 168 Å². The zero-order valence-electron chi connectivity index (χ0n) is 18.1. The molecule has 0 amide bonds. The molecular weight excluding hydrogens is 326 g/mol. The van der Waals surface area contributed by atoms with Crippen molar-refractivity contribution in [2.24, 2.45) is 46.8 Å². The van der Waals surface area contributed by atoms with Gasteiger partial charge in [-0.3, -0.25) is 0 Å². The summed E-state index contributed by atoms with van der Waals surface area (Å²) in [6, 6.07) is 2.79. The summed E-state index contributed by atoms with van der Waals surface area (Å²) in [6.07, 6.45) is 21.1. The van der Waals surface area contributed by atoms with Crippen molar-refractivity contribution in [2.45, 2.75) is 110 Å². The lowest BCUT2D eigenvalue weighted by Crippen LogP contribution is -2.49. The standard InChI is InChI=1S/C26H43N/c1-3-5-7-19-8-6-9-23-21(19)12-13-24-22-14-16-26(18-27,15-4-2)17-20(22)10-11-25(23)24/h19-25H,3-17H2,1-2H3/t19-,20?,21?,22?,23?,24?,25?,26-/m0/s1. The van der Waals surface area contributed by atoms with E-state index in [4.69, 9.17) is 0 Å². The van der Waals surface area contributed by atoms with Crippen LogP contribution in [0.1, 0.15) is 110 Å². The molecule has 4 aliphatic rings. The lowest BCUT2D eigenvalue weighted by atomic mass is 9.48. The summed E-state index contributed by atoms with van der Waals surface area (Å²) in [5, 5.41) is 9.90. The molecule has 0 aliphatic heterocycles. The van der Waals surface area contributed by atoms with Gasteiger partial charge in [0.2, 0.25) is 0 Å². The summed E-state index contributed by atoms with van der Waals surface area (Å²) < 4.78 is 0. The van der Waals surface area contributed by atoms with Gasteiger partial charge in [-0.05, 0) is 99.2 Å². The molecule has 0 N–H and O–H groups in total. The highest BCUT2D eigenvalue weighted by molar-refractivity contribution is 5.07. The average molecular weight is 370 g/mol. The topological polar surface area (TPSA) is 23.8 Å². The Bertz CT molecular complexity index is 533. The zero-order valence-corrected chi connectivity index (χ0v) is 18.1. The van der Waals surface area contributed by atoms with E-state index in [1.807, 2.05) is 0 Å². The first-order valence-corrected chi connectivity index (χ1v) is 12.6. The SMILES string of the molecule is CCCC[C@H]1CCCC2C3CCC4C[C@](C#N)(CCC)CCC4C3CCC21. The first-order valence-electron chi connectivity index (χ1n) is 12.6. The van der Waals surface area contributed by atoms with E-state index in [-0.39, 0.29) is 5.41 Å². The van der Waals surface area contributed by atoms with E-state index in [1.54, 1.807) is 12.8 Å². The van der Waals surface area contributed by atoms with Crippen molar-refractivity contribution in [1.29, 1.82) is 5.26 Å². The van der Waals surface area contributed by atoms with Crippen LogP contribution in [0.25, 0.3) is 0 Å². The van der Waals surface area contributed by atoms with Gasteiger partial charge in [-0.15, -0.1) is 0 Å². The lowest BCUT2D eigenvalue weighted by molar-refractivity contribution is -0.0717. The van der Waals surface area contributed by atoms with E-state index in [1.165, 1.54) is 77.0 Å². The predicted octanol–water partition coefficient (Wildman–Crippen LogP) is 7.76. The van der Waals surface area contributed by atoms with Crippen LogP contribution in [0.3, 0.4) is 0 Å². The first kappa shape index (κ1) is 19.8. The quantitative estimate of drug-likeness (QED) is 0.486. The van der Waals surface area contributed by atoms with Crippen LogP contribution in [0.2, 0.25) is 0 Å². The highest BCUT2D eigenvalue weighted by Gasteiger charge is 2.52. The van der Waals surface area contributed by atoms with Gasteiger partial charge in [-0.1, -0.05) is 52.4 Å². The highest BCUT2D eigenvalue weighted by atomic mass is 14.6. The molecule has 0 aromatic heterocycles. The number of nitriles is 1. The molecule has 152 valence electrons. The van der Waals surface area contributed by atoms with Crippen molar-refractivity contribution in [3.63, 3.8) is 0 Å². The van der Waals surface area contributed by atoms with E-state index in [0.717, 1.165) is 47.8 Å². The van der Waals surface area contributed by atoms with Gasteiger partial charge in [0.05, 0.1) is 11.5 Å². The summed E-state index contributed by atoms with van der Waals surface area (Å²) in [4.78, 5) is 0. The molecular formula is C26H43N. The molecule has 4 saturated carbocycles. The van der Waals surface area contributed by atoms with Gasteiger partial charge in [0.1, 0.15) is 0 Å². The van der Waals surface area contributed by atoms with Crippen LogP contribution >= 0.6 is 0 Å². The minimum absolute atomic E-state index is 0.0377. The third-order valence-electron chi connectivity index (χ3n) is 9.73. The molecule has 0 radical (unpaired) electrons. The number of hydrogen-bond acceptors (Lipinski definition) is 1. The molecule has 0 saturated heterocycles. The van der Waals surface area contributed by atoms with Gasteiger partial charge in [0.25, 0.3) is 0 Å². The van der Waals surface area contributed by atoms with Crippen LogP contribution in [0.15, 0.2) is 0 Å². The number of rotatable bonds is 5. The van der Waals surface area contributed by atoms with Crippen molar-refractivity contribution in [3.05, 3.63) is 0 Å². The van der Waals surface area contributed by atoms with Crippen molar-refractivity contribution >= 4 is 0 Å². The molecule has 4 rings (SSSR count). The summed E-state index contributed by atoms with van der Waals surface area (Å²) in [6.45, 7) is 4.63. The van der Waals surface area contributed by atoms with E-state index < -0.39 is 0 Å². The Hall–Kier alpha value is -0.510. The molecule has 4 aliphatic carbocycles. The van der Waals surface area contributed by atoms with Gasteiger partial charge in [0.15, 0.2) is 0 Å². The highest BCUT2D eigenvalue weighted by Crippen LogP contribution is 2.60. The molecule has 1 heteroatoms. The molecule has 0 aromatic rings. The molecule has 1 nitrogen and oxygen atoms in total. The third-order valence-corrected chi connectivity index (χ3v) is 9.73. The largest absolute Gasteiger partial charge is 0.198 e. The fourth-order valence-corrected chi connectivity index (χ4v) is 8.66. The van der Waals surface area contributed by atoms with Crippen molar-refractivity contribution in [1.82, 2.24) is 0 Å². The fraction of sp³-hybridized carbons (Fsp3) is 0.962. The predicted molar refractivity (Wildman–Crippen MR) is 113 cm³/mol. The summed E-state index contributed by atoms with van der Waals surface area (Å²) in [7, 11) is 0. The third kappa shape index (κ3) is 3.72. The van der Waals surface area contributed by atoms with Crippen LogP contribution in [-0.4, -0.2) is 0 Å². The Morgan fingerprint density at radius 2 is 1.56 bits per heavy atom. The Morgan fingerprint density at radius 1 is 0.815 bits per heavy atom. The molecule has 0 spiro atoms. The maximum atomic E-state index is 9.90. The normalized spacial score (nSPS) is 46.6. The number of unbranched alkanes of at least 4 members (excludes halogenated alkanes) is 1. The maximum absolute atomic E-state index is 9.90. The van der Waals surface area contributed by atoms with Crippen LogP contribution in [0, 0.1) is 58.2 Å². The molecule has 0 heterocycles. The van der Waals surface area contributed by atoms with E-state index in [0.29, 0.717) is 0 Å². The Morgan fingerprint density at radius 3 is 2.33 bits per heavy atom. The van der Waals surface area contributed by atoms with Gasteiger partial charge < -0.3 is 0 Å². The molecule has 8 atom stereocenters. The minimum atomic E-state index is 0.0377. The second-order valence-corrected chi connectivity index (χ2v) is 11.0. The van der Waals surface area contributed by atoms with Crippen LogP contribution in [0.5, 0.6) is 0 Å². The number of fused-ring (bicyclic) bond motifs is 5. The summed E-state index contributed by atoms with van der Waals surface area (Å²) >= 11 is 0. The molecule has 4 fully saturated rings. The van der Waals surface area contributed by atoms with Crippen LogP contribution in [-0.2, 0) is 0 Å². The summed E-state index contributed by atoms with van der Waals surface area (Å²) in [5.74, 6) is 7.12. The van der Waals surface area contributed by atoms with E-state index >= 15 is 0 Å². The summed E-state index contributed by atoms with van der Waals surface area (Å²) in [5.41, 5.74) is 0.0377. The molecule has 27 heavy (non-hydrogen) atoms. The van der Waals surface area contributed by atoms with Crippen LogP contribution < -0.4 is 0 Å². The number of nitrogens with zero attached hydrogens (tertiary/aromatic N) is 1. The fourth-order valence-electron chi connectivity index (χ4n) is 8.66. The monoisotopic (exact) mass is 369 g/mol. The smallest absolute Gasteiger partial charge is 0.0689 e. The van der Waals surface area contributed by atoms with E-state index in [9.17, 15) is 5.26 Å². The molecule has 6 unspecified atom stereocenters. The van der Waals surface area contributed by atoms with Crippen molar-refractivity contribution in [3.8, 4) is 6.07 Å². The second kappa shape index (κ2) is 8.47. The van der Waals surface area contributed by atoms with Crippen molar-refractivity contribution in [2.75, 3.05) is 0 Å². The average Bonchev–Trinajstić information content (AvgIpc) is 2.71. The Balaban J connectivity index is 1.44.